The van der Waals surface area contributed by atoms with E-state index >= 15 is 0 Å². The van der Waals surface area contributed by atoms with Gasteiger partial charge in [0.05, 0.1) is 11.4 Å². The Morgan fingerprint density at radius 3 is 2.33 bits per heavy atom. The predicted octanol–water partition coefficient (Wildman–Crippen LogP) is 3.42. The topological polar surface area (TPSA) is 52.7 Å². The number of nitrogens with one attached hydrogen (secondary N) is 1. The van der Waals surface area contributed by atoms with Crippen LogP contribution < -0.4 is 10.2 Å². The fourth-order valence-corrected chi connectivity index (χ4v) is 4.92. The minimum atomic E-state index is -0.320. The van der Waals surface area contributed by atoms with E-state index in [1.54, 1.807) is 16.7 Å². The van der Waals surface area contributed by atoms with Crippen molar-refractivity contribution < 1.29 is 9.59 Å². The summed E-state index contributed by atoms with van der Waals surface area (Å²) in [6, 6.07) is 16.3. The summed E-state index contributed by atoms with van der Waals surface area (Å²) >= 11 is 1.76. The van der Waals surface area contributed by atoms with E-state index in [0.717, 1.165) is 11.4 Å². The molecule has 0 bridgehead atoms. The Morgan fingerprint density at radius 2 is 1.78 bits per heavy atom. The zero-order valence-corrected chi connectivity index (χ0v) is 16.2. The molecule has 6 heteroatoms. The summed E-state index contributed by atoms with van der Waals surface area (Å²) < 4.78 is 0. The molecular formula is C21H23N3O2S. The third-order valence-corrected chi connectivity index (χ3v) is 6.27. The molecule has 1 saturated heterocycles. The minimum Gasteiger partial charge on any atom is -0.354 e. The summed E-state index contributed by atoms with van der Waals surface area (Å²) in [5.74, 6) is 0.00278. The maximum absolute atomic E-state index is 12.9. The van der Waals surface area contributed by atoms with Crippen LogP contribution in [0.1, 0.15) is 19.8 Å². The van der Waals surface area contributed by atoms with Crippen LogP contribution in [0, 0.1) is 0 Å². The van der Waals surface area contributed by atoms with Crippen molar-refractivity contribution in [2.45, 2.75) is 35.6 Å². The Balaban J connectivity index is 1.54. The van der Waals surface area contributed by atoms with Gasteiger partial charge in [0.1, 0.15) is 6.04 Å². The first kappa shape index (κ1) is 17.9. The summed E-state index contributed by atoms with van der Waals surface area (Å²) in [5, 5.41) is 2.82. The zero-order valence-electron chi connectivity index (χ0n) is 15.4. The highest BCUT2D eigenvalue weighted by molar-refractivity contribution is 7.99. The van der Waals surface area contributed by atoms with Crippen molar-refractivity contribution in [3.05, 3.63) is 48.5 Å². The molecule has 0 saturated carbocycles. The van der Waals surface area contributed by atoms with E-state index in [2.05, 4.69) is 34.5 Å². The first-order valence-corrected chi connectivity index (χ1v) is 10.2. The molecule has 1 atom stereocenters. The van der Waals surface area contributed by atoms with Crippen LogP contribution in [-0.4, -0.2) is 42.4 Å². The Bertz CT molecular complexity index is 825. The standard InChI is InChI=1S/C21H23N3O2S/c1-2-23(17-11-13-22-21(17)26)20(25)12-14-24-15-7-3-5-9-18(15)27-19-10-6-4-8-16(19)24/h3-10,17H,2,11-14H2,1H3,(H,22,26). The van der Waals surface area contributed by atoms with Crippen molar-refractivity contribution in [2.75, 3.05) is 24.5 Å². The van der Waals surface area contributed by atoms with Crippen molar-refractivity contribution in [1.82, 2.24) is 10.2 Å². The number of anilines is 2. The summed E-state index contributed by atoms with van der Waals surface area (Å²) in [5.41, 5.74) is 2.27. The molecule has 2 heterocycles. The van der Waals surface area contributed by atoms with E-state index in [1.807, 2.05) is 31.2 Å². The van der Waals surface area contributed by atoms with Crippen LogP contribution in [0.2, 0.25) is 0 Å². The largest absolute Gasteiger partial charge is 0.354 e. The first-order valence-electron chi connectivity index (χ1n) is 9.39. The number of hydrogen-bond donors (Lipinski definition) is 1. The maximum atomic E-state index is 12.9. The Morgan fingerprint density at radius 1 is 1.15 bits per heavy atom. The summed E-state index contributed by atoms with van der Waals surface area (Å²) in [6.45, 7) is 3.74. The number of nitrogens with zero attached hydrogens (tertiary/aromatic N) is 2. The molecule has 0 aromatic heterocycles. The number of benzene rings is 2. The molecule has 140 valence electrons. The first-order chi connectivity index (χ1) is 13.2. The number of carbonyl (C=O) groups is 2. The fourth-order valence-electron chi connectivity index (χ4n) is 3.82. The molecule has 2 amide bonds. The van der Waals surface area contributed by atoms with Gasteiger partial charge in [0.15, 0.2) is 0 Å². The lowest BCUT2D eigenvalue weighted by molar-refractivity contribution is -0.138. The number of likely N-dealkylation sites (N-methyl/N-ethyl adjacent to an activating group) is 1. The van der Waals surface area contributed by atoms with Gasteiger partial charge >= 0.3 is 0 Å². The van der Waals surface area contributed by atoms with Gasteiger partial charge in [0.2, 0.25) is 11.8 Å². The lowest BCUT2D eigenvalue weighted by atomic mass is 10.1. The second-order valence-corrected chi connectivity index (χ2v) is 7.80. The number of amides is 2. The van der Waals surface area contributed by atoms with E-state index in [9.17, 15) is 9.59 Å². The van der Waals surface area contributed by atoms with E-state index in [-0.39, 0.29) is 17.9 Å². The molecule has 2 aliphatic rings. The number of para-hydroxylation sites is 2. The zero-order chi connectivity index (χ0) is 18.8. The highest BCUT2D eigenvalue weighted by Gasteiger charge is 2.32. The van der Waals surface area contributed by atoms with E-state index in [0.29, 0.717) is 32.5 Å². The highest BCUT2D eigenvalue weighted by atomic mass is 32.2. The molecule has 2 aromatic carbocycles. The molecule has 0 radical (unpaired) electrons. The normalized spacial score (nSPS) is 17.9. The van der Waals surface area contributed by atoms with Crippen LogP contribution in [0.3, 0.4) is 0 Å². The quantitative estimate of drug-likeness (QED) is 0.862. The van der Waals surface area contributed by atoms with Gasteiger partial charge in [-0.05, 0) is 37.6 Å². The monoisotopic (exact) mass is 381 g/mol. The number of carbonyl (C=O) groups excluding carboxylic acids is 2. The molecule has 2 aliphatic heterocycles. The molecule has 1 N–H and O–H groups in total. The molecule has 1 fully saturated rings. The summed E-state index contributed by atoms with van der Waals surface area (Å²) in [7, 11) is 0. The van der Waals surface area contributed by atoms with Crippen molar-refractivity contribution in [1.29, 1.82) is 0 Å². The van der Waals surface area contributed by atoms with Crippen molar-refractivity contribution in [3.8, 4) is 0 Å². The number of fused-ring (bicyclic) bond motifs is 2. The molecule has 0 spiro atoms. The van der Waals surface area contributed by atoms with Gasteiger partial charge in [-0.3, -0.25) is 9.59 Å². The number of hydrogen-bond acceptors (Lipinski definition) is 4. The molecule has 1 unspecified atom stereocenters. The molecule has 5 nitrogen and oxygen atoms in total. The second-order valence-electron chi connectivity index (χ2n) is 6.71. The summed E-state index contributed by atoms with van der Waals surface area (Å²) in [6.07, 6.45) is 1.08. The van der Waals surface area contributed by atoms with Crippen LogP contribution in [0.4, 0.5) is 11.4 Å². The Hall–Kier alpha value is -2.47. The minimum absolute atomic E-state index is 0.0322. The van der Waals surface area contributed by atoms with Gasteiger partial charge in [0.25, 0.3) is 0 Å². The number of rotatable bonds is 5. The second kappa shape index (κ2) is 7.64. The van der Waals surface area contributed by atoms with Gasteiger partial charge in [-0.15, -0.1) is 0 Å². The Labute approximate surface area is 163 Å². The average Bonchev–Trinajstić information content (AvgIpc) is 3.11. The maximum Gasteiger partial charge on any atom is 0.242 e. The molecular weight excluding hydrogens is 358 g/mol. The third kappa shape index (κ3) is 3.41. The summed E-state index contributed by atoms with van der Waals surface area (Å²) in [4.78, 5) is 31.2. The van der Waals surface area contributed by atoms with Gasteiger partial charge < -0.3 is 15.1 Å². The molecule has 0 aliphatic carbocycles. The van der Waals surface area contributed by atoms with Crippen molar-refractivity contribution in [3.63, 3.8) is 0 Å². The van der Waals surface area contributed by atoms with E-state index < -0.39 is 0 Å². The van der Waals surface area contributed by atoms with E-state index in [4.69, 9.17) is 0 Å². The average molecular weight is 382 g/mol. The lowest BCUT2D eigenvalue weighted by Gasteiger charge is -2.33. The third-order valence-electron chi connectivity index (χ3n) is 5.14. The molecule has 4 rings (SSSR count). The van der Waals surface area contributed by atoms with Gasteiger partial charge in [0, 0.05) is 35.8 Å². The van der Waals surface area contributed by atoms with Gasteiger partial charge in [-0.2, -0.15) is 0 Å². The van der Waals surface area contributed by atoms with Crippen LogP contribution in [-0.2, 0) is 9.59 Å². The van der Waals surface area contributed by atoms with Crippen LogP contribution >= 0.6 is 11.8 Å². The SMILES string of the molecule is CCN(C(=O)CCN1c2ccccc2Sc2ccccc21)C1CCNC1=O. The molecule has 27 heavy (non-hydrogen) atoms. The van der Waals surface area contributed by atoms with Gasteiger partial charge in [-0.25, -0.2) is 0 Å². The predicted molar refractivity (Wildman–Crippen MR) is 107 cm³/mol. The van der Waals surface area contributed by atoms with Crippen LogP contribution in [0.5, 0.6) is 0 Å². The smallest absolute Gasteiger partial charge is 0.242 e. The highest BCUT2D eigenvalue weighted by Crippen LogP contribution is 2.47. The fraction of sp³-hybridized carbons (Fsp3) is 0.333. The van der Waals surface area contributed by atoms with E-state index in [1.165, 1.54) is 9.79 Å². The van der Waals surface area contributed by atoms with Crippen LogP contribution in [0.15, 0.2) is 58.3 Å². The van der Waals surface area contributed by atoms with Crippen molar-refractivity contribution in [2.24, 2.45) is 0 Å². The van der Waals surface area contributed by atoms with Crippen LogP contribution in [0.25, 0.3) is 0 Å². The lowest BCUT2D eigenvalue weighted by Crippen LogP contribution is -2.45. The Kier molecular flexibility index (Phi) is 5.07. The van der Waals surface area contributed by atoms with Gasteiger partial charge in [-0.1, -0.05) is 36.0 Å². The molecule has 2 aromatic rings. The van der Waals surface area contributed by atoms with Crippen molar-refractivity contribution >= 4 is 35.0 Å².